The van der Waals surface area contributed by atoms with Crippen LogP contribution in [0.4, 0.5) is 5.69 Å². The molecule has 0 spiro atoms. The minimum absolute atomic E-state index is 0.652. The summed E-state index contributed by atoms with van der Waals surface area (Å²) in [7, 11) is 0. The predicted molar refractivity (Wildman–Crippen MR) is 83.3 cm³/mol. The SMILES string of the molecule is CC(C)C1CCCN(Cc2ccc(Cl)c(N)c2)CC1. The molecule has 0 saturated carbocycles. The molecule has 0 amide bonds. The van der Waals surface area contributed by atoms with Gasteiger partial charge in [-0.3, -0.25) is 4.90 Å². The van der Waals surface area contributed by atoms with Crippen molar-refractivity contribution < 1.29 is 0 Å². The van der Waals surface area contributed by atoms with Gasteiger partial charge in [-0.15, -0.1) is 0 Å². The molecule has 1 aromatic carbocycles. The van der Waals surface area contributed by atoms with Gasteiger partial charge in [0.05, 0.1) is 10.7 Å². The Kier molecular flexibility index (Phi) is 5.12. The Morgan fingerprint density at radius 1 is 1.32 bits per heavy atom. The predicted octanol–water partition coefficient (Wildman–Crippen LogP) is 4.18. The van der Waals surface area contributed by atoms with E-state index in [1.165, 1.54) is 37.9 Å². The highest BCUT2D eigenvalue weighted by Gasteiger charge is 2.19. The maximum absolute atomic E-state index is 5.96. The van der Waals surface area contributed by atoms with Crippen molar-refractivity contribution in [1.82, 2.24) is 4.90 Å². The third-order valence-electron chi connectivity index (χ3n) is 4.27. The van der Waals surface area contributed by atoms with Crippen LogP contribution >= 0.6 is 11.6 Å². The third-order valence-corrected chi connectivity index (χ3v) is 4.62. The second-order valence-corrected chi connectivity index (χ2v) is 6.47. The highest BCUT2D eigenvalue weighted by molar-refractivity contribution is 6.33. The van der Waals surface area contributed by atoms with E-state index in [1.807, 2.05) is 12.1 Å². The molecule has 1 aliphatic rings. The minimum Gasteiger partial charge on any atom is -0.398 e. The van der Waals surface area contributed by atoms with E-state index < -0.39 is 0 Å². The largest absolute Gasteiger partial charge is 0.398 e. The molecule has 2 nitrogen and oxygen atoms in total. The molecule has 0 radical (unpaired) electrons. The van der Waals surface area contributed by atoms with Gasteiger partial charge in [0.15, 0.2) is 0 Å². The first-order valence-corrected chi connectivity index (χ1v) is 7.70. The van der Waals surface area contributed by atoms with Crippen molar-refractivity contribution in [3.63, 3.8) is 0 Å². The number of rotatable bonds is 3. The van der Waals surface area contributed by atoms with Crippen LogP contribution in [-0.4, -0.2) is 18.0 Å². The van der Waals surface area contributed by atoms with Crippen molar-refractivity contribution in [3.8, 4) is 0 Å². The Hall–Kier alpha value is -0.730. The molecule has 0 aromatic heterocycles. The van der Waals surface area contributed by atoms with Gasteiger partial charge in [0.2, 0.25) is 0 Å². The van der Waals surface area contributed by atoms with E-state index in [9.17, 15) is 0 Å². The number of nitrogens with two attached hydrogens (primary N) is 1. The molecule has 1 saturated heterocycles. The number of nitrogen functional groups attached to an aromatic ring is 1. The van der Waals surface area contributed by atoms with E-state index in [-0.39, 0.29) is 0 Å². The van der Waals surface area contributed by atoms with E-state index in [1.54, 1.807) is 0 Å². The molecule has 1 atom stereocenters. The van der Waals surface area contributed by atoms with Crippen LogP contribution in [0.1, 0.15) is 38.7 Å². The van der Waals surface area contributed by atoms with Crippen LogP contribution in [-0.2, 0) is 6.54 Å². The van der Waals surface area contributed by atoms with Crippen LogP contribution in [0.2, 0.25) is 5.02 Å². The zero-order valence-electron chi connectivity index (χ0n) is 12.0. The van der Waals surface area contributed by atoms with Crippen molar-refractivity contribution in [1.29, 1.82) is 0 Å². The van der Waals surface area contributed by atoms with E-state index in [2.05, 4.69) is 24.8 Å². The highest BCUT2D eigenvalue weighted by atomic mass is 35.5. The molecule has 106 valence electrons. The molecule has 1 aliphatic heterocycles. The maximum Gasteiger partial charge on any atom is 0.0635 e. The number of halogens is 1. The molecule has 1 unspecified atom stereocenters. The first-order valence-electron chi connectivity index (χ1n) is 7.32. The van der Waals surface area contributed by atoms with Crippen LogP contribution in [0.25, 0.3) is 0 Å². The summed E-state index contributed by atoms with van der Waals surface area (Å²) < 4.78 is 0. The van der Waals surface area contributed by atoms with Gasteiger partial charge < -0.3 is 5.73 Å². The van der Waals surface area contributed by atoms with Crippen LogP contribution in [0.3, 0.4) is 0 Å². The first-order chi connectivity index (χ1) is 9.06. The summed E-state index contributed by atoms with van der Waals surface area (Å²) in [5.41, 5.74) is 7.83. The quantitative estimate of drug-likeness (QED) is 0.842. The molecule has 2 rings (SSSR count). The Bertz CT molecular complexity index is 417. The summed E-state index contributed by atoms with van der Waals surface area (Å²) in [6.45, 7) is 8.09. The minimum atomic E-state index is 0.652. The van der Waals surface area contributed by atoms with Gasteiger partial charge in [-0.1, -0.05) is 31.5 Å². The molecule has 19 heavy (non-hydrogen) atoms. The van der Waals surface area contributed by atoms with E-state index >= 15 is 0 Å². The summed E-state index contributed by atoms with van der Waals surface area (Å²) in [5.74, 6) is 1.70. The average molecular weight is 281 g/mol. The van der Waals surface area contributed by atoms with Gasteiger partial charge in [-0.2, -0.15) is 0 Å². The Balaban J connectivity index is 1.94. The van der Waals surface area contributed by atoms with E-state index in [4.69, 9.17) is 17.3 Å². The molecule has 3 heteroatoms. The normalized spacial score (nSPS) is 21.6. The average Bonchev–Trinajstić information content (AvgIpc) is 2.59. The molecule has 1 heterocycles. The fourth-order valence-electron chi connectivity index (χ4n) is 2.96. The van der Waals surface area contributed by atoms with Gasteiger partial charge in [-0.25, -0.2) is 0 Å². The van der Waals surface area contributed by atoms with Crippen LogP contribution < -0.4 is 5.73 Å². The molecule has 1 fully saturated rings. The lowest BCUT2D eigenvalue weighted by Crippen LogP contribution is -2.24. The van der Waals surface area contributed by atoms with Gasteiger partial charge in [0, 0.05) is 6.54 Å². The van der Waals surface area contributed by atoms with Crippen molar-refractivity contribution in [2.75, 3.05) is 18.8 Å². The fourth-order valence-corrected chi connectivity index (χ4v) is 3.07. The highest BCUT2D eigenvalue weighted by Crippen LogP contribution is 2.26. The van der Waals surface area contributed by atoms with Crippen molar-refractivity contribution >= 4 is 17.3 Å². The van der Waals surface area contributed by atoms with Crippen LogP contribution in [0.15, 0.2) is 18.2 Å². The zero-order chi connectivity index (χ0) is 13.8. The summed E-state index contributed by atoms with van der Waals surface area (Å²) in [4.78, 5) is 2.55. The molecule has 0 bridgehead atoms. The van der Waals surface area contributed by atoms with Crippen molar-refractivity contribution in [2.24, 2.45) is 11.8 Å². The molecule has 2 N–H and O–H groups in total. The van der Waals surface area contributed by atoms with E-state index in [0.29, 0.717) is 10.7 Å². The number of hydrogen-bond donors (Lipinski definition) is 1. The van der Waals surface area contributed by atoms with Gasteiger partial charge >= 0.3 is 0 Å². The molecular weight excluding hydrogens is 256 g/mol. The molecule has 0 aliphatic carbocycles. The van der Waals surface area contributed by atoms with Crippen LogP contribution in [0, 0.1) is 11.8 Å². The lowest BCUT2D eigenvalue weighted by molar-refractivity contribution is 0.265. The van der Waals surface area contributed by atoms with Crippen molar-refractivity contribution in [2.45, 2.75) is 39.7 Å². The standard InChI is InChI=1S/C16H25ClN2/c1-12(2)14-4-3-8-19(9-7-14)11-13-5-6-15(17)16(18)10-13/h5-6,10,12,14H,3-4,7-9,11,18H2,1-2H3. The summed E-state index contributed by atoms with van der Waals surface area (Å²) in [5, 5.41) is 0.652. The lowest BCUT2D eigenvalue weighted by atomic mass is 9.89. The third kappa shape index (κ3) is 4.12. The summed E-state index contributed by atoms with van der Waals surface area (Å²) in [6, 6.07) is 6.00. The molecule has 1 aromatic rings. The fraction of sp³-hybridized carbons (Fsp3) is 0.625. The Morgan fingerprint density at radius 2 is 2.11 bits per heavy atom. The molecular formula is C16H25ClN2. The first kappa shape index (κ1) is 14.7. The van der Waals surface area contributed by atoms with Crippen LogP contribution in [0.5, 0.6) is 0 Å². The van der Waals surface area contributed by atoms with Gasteiger partial charge in [0.1, 0.15) is 0 Å². The van der Waals surface area contributed by atoms with Gasteiger partial charge in [-0.05, 0) is 61.9 Å². The zero-order valence-corrected chi connectivity index (χ0v) is 12.8. The number of hydrogen-bond acceptors (Lipinski definition) is 2. The van der Waals surface area contributed by atoms with E-state index in [0.717, 1.165) is 18.4 Å². The number of nitrogens with zero attached hydrogens (tertiary/aromatic N) is 1. The number of benzene rings is 1. The summed E-state index contributed by atoms with van der Waals surface area (Å²) >= 11 is 5.96. The second-order valence-electron chi connectivity index (χ2n) is 6.07. The Labute approximate surface area is 121 Å². The summed E-state index contributed by atoms with van der Waals surface area (Å²) in [6.07, 6.45) is 4.00. The van der Waals surface area contributed by atoms with Crippen molar-refractivity contribution in [3.05, 3.63) is 28.8 Å². The Morgan fingerprint density at radius 3 is 2.79 bits per heavy atom. The lowest BCUT2D eigenvalue weighted by Gasteiger charge is -2.21. The number of likely N-dealkylation sites (tertiary alicyclic amines) is 1. The monoisotopic (exact) mass is 280 g/mol. The topological polar surface area (TPSA) is 29.3 Å². The second kappa shape index (κ2) is 6.62. The number of anilines is 1. The van der Waals surface area contributed by atoms with Gasteiger partial charge in [0.25, 0.3) is 0 Å². The maximum atomic E-state index is 5.96. The smallest absolute Gasteiger partial charge is 0.0635 e.